The van der Waals surface area contributed by atoms with Gasteiger partial charge in [0.15, 0.2) is 0 Å². The van der Waals surface area contributed by atoms with E-state index in [-0.39, 0.29) is 0 Å². The van der Waals surface area contributed by atoms with Crippen LogP contribution in [0.5, 0.6) is 0 Å². The van der Waals surface area contributed by atoms with Crippen LogP contribution in [-0.4, -0.2) is 17.1 Å². The second-order valence-electron chi connectivity index (χ2n) is 7.26. The molecule has 1 heterocycles. The van der Waals surface area contributed by atoms with E-state index < -0.39 is 5.97 Å². The van der Waals surface area contributed by atoms with Crippen LogP contribution >= 0.6 is 0 Å². The summed E-state index contributed by atoms with van der Waals surface area (Å²) < 4.78 is 0. The Morgan fingerprint density at radius 2 is 1.67 bits per heavy atom. The average molecular weight is 332 g/mol. The van der Waals surface area contributed by atoms with Crippen molar-refractivity contribution in [1.82, 2.24) is 0 Å². The summed E-state index contributed by atoms with van der Waals surface area (Å²) in [6, 6.07) is 5.94. The molecule has 1 aromatic rings. The second kappa shape index (κ2) is 9.71. The van der Waals surface area contributed by atoms with E-state index in [9.17, 15) is 4.79 Å². The molecule has 134 valence electrons. The van der Waals surface area contributed by atoms with Gasteiger partial charge in [0.2, 0.25) is 0 Å². The number of hydrogen-bond donors (Lipinski definition) is 2. The van der Waals surface area contributed by atoms with Gasteiger partial charge >= 0.3 is 5.97 Å². The number of aromatic carboxylic acids is 1. The van der Waals surface area contributed by atoms with E-state index in [1.807, 2.05) is 6.07 Å². The fourth-order valence-corrected chi connectivity index (χ4v) is 3.75. The maximum Gasteiger partial charge on any atom is 0.335 e. The van der Waals surface area contributed by atoms with Gasteiger partial charge in [0.25, 0.3) is 0 Å². The van der Waals surface area contributed by atoms with Crippen molar-refractivity contribution in [2.24, 2.45) is 0 Å². The van der Waals surface area contributed by atoms with E-state index in [0.29, 0.717) is 17.5 Å². The number of carbonyl (C=O) groups is 1. The second-order valence-corrected chi connectivity index (χ2v) is 7.26. The molecule has 2 atom stereocenters. The molecule has 3 nitrogen and oxygen atoms in total. The van der Waals surface area contributed by atoms with Crippen molar-refractivity contribution in [3.63, 3.8) is 0 Å². The standard InChI is InChI=1S/C21H33NO2/c1-3-4-5-6-7-8-9-10-11-12-19-16(2)18-14-13-17(21(23)24)15-20(18)22-19/h13-16,19,22H,3-12H2,1-2H3,(H,23,24). The SMILES string of the molecule is CCCCCCCCCCCC1Nc2cc(C(=O)O)ccc2C1C. The molecule has 0 saturated carbocycles. The van der Waals surface area contributed by atoms with Gasteiger partial charge in [0.1, 0.15) is 0 Å². The normalized spacial score (nSPS) is 19.1. The lowest BCUT2D eigenvalue weighted by atomic mass is 9.93. The van der Waals surface area contributed by atoms with Gasteiger partial charge in [-0.25, -0.2) is 4.79 Å². The molecule has 0 fully saturated rings. The highest BCUT2D eigenvalue weighted by molar-refractivity contribution is 5.89. The number of unbranched alkanes of at least 4 members (excludes halogenated alkanes) is 8. The molecule has 1 aliphatic rings. The maximum absolute atomic E-state index is 11.1. The maximum atomic E-state index is 11.1. The Kier molecular flexibility index (Phi) is 7.61. The highest BCUT2D eigenvalue weighted by Crippen LogP contribution is 2.38. The Labute approximate surface area is 146 Å². The zero-order valence-corrected chi connectivity index (χ0v) is 15.3. The Hall–Kier alpha value is -1.51. The summed E-state index contributed by atoms with van der Waals surface area (Å²) in [5.41, 5.74) is 2.65. The molecule has 24 heavy (non-hydrogen) atoms. The van der Waals surface area contributed by atoms with Crippen molar-refractivity contribution >= 4 is 11.7 Å². The van der Waals surface area contributed by atoms with Crippen LogP contribution in [0.25, 0.3) is 0 Å². The van der Waals surface area contributed by atoms with Gasteiger partial charge < -0.3 is 10.4 Å². The molecule has 0 aromatic heterocycles. The highest BCUT2D eigenvalue weighted by atomic mass is 16.4. The Morgan fingerprint density at radius 1 is 1.04 bits per heavy atom. The highest BCUT2D eigenvalue weighted by Gasteiger charge is 2.28. The zero-order chi connectivity index (χ0) is 17.4. The van der Waals surface area contributed by atoms with Gasteiger partial charge in [0, 0.05) is 17.6 Å². The van der Waals surface area contributed by atoms with Crippen LogP contribution in [-0.2, 0) is 0 Å². The third-order valence-electron chi connectivity index (χ3n) is 5.35. The van der Waals surface area contributed by atoms with Crippen molar-refractivity contribution in [3.05, 3.63) is 29.3 Å². The number of carboxylic acids is 1. The van der Waals surface area contributed by atoms with Gasteiger partial charge in [-0.3, -0.25) is 0 Å². The Balaban J connectivity index is 1.65. The lowest BCUT2D eigenvalue weighted by Crippen LogP contribution is -2.18. The number of rotatable bonds is 11. The summed E-state index contributed by atoms with van der Waals surface area (Å²) in [5, 5.41) is 12.7. The van der Waals surface area contributed by atoms with Crippen LogP contribution in [0, 0.1) is 0 Å². The molecule has 3 heteroatoms. The van der Waals surface area contributed by atoms with Crippen LogP contribution in [0.2, 0.25) is 0 Å². The number of benzene rings is 1. The molecule has 0 radical (unpaired) electrons. The van der Waals surface area contributed by atoms with Crippen molar-refractivity contribution in [2.45, 2.75) is 90.0 Å². The topological polar surface area (TPSA) is 49.3 Å². The number of hydrogen-bond acceptors (Lipinski definition) is 2. The summed E-state index contributed by atoms with van der Waals surface area (Å²) in [4.78, 5) is 11.1. The predicted octanol–water partition coefficient (Wildman–Crippen LogP) is 6.20. The predicted molar refractivity (Wildman–Crippen MR) is 101 cm³/mol. The zero-order valence-electron chi connectivity index (χ0n) is 15.3. The summed E-state index contributed by atoms with van der Waals surface area (Å²) in [7, 11) is 0. The van der Waals surface area contributed by atoms with Gasteiger partial charge in [-0.15, -0.1) is 0 Å². The number of carboxylic acid groups (broad SMARTS) is 1. The van der Waals surface area contributed by atoms with Crippen LogP contribution in [0.4, 0.5) is 5.69 Å². The van der Waals surface area contributed by atoms with Crippen LogP contribution < -0.4 is 5.32 Å². The van der Waals surface area contributed by atoms with Crippen molar-refractivity contribution in [3.8, 4) is 0 Å². The largest absolute Gasteiger partial charge is 0.478 e. The van der Waals surface area contributed by atoms with Crippen molar-refractivity contribution < 1.29 is 9.90 Å². The fourth-order valence-electron chi connectivity index (χ4n) is 3.75. The van der Waals surface area contributed by atoms with Crippen molar-refractivity contribution in [2.75, 3.05) is 5.32 Å². The van der Waals surface area contributed by atoms with E-state index in [4.69, 9.17) is 5.11 Å². The summed E-state index contributed by atoms with van der Waals surface area (Å²) in [6.07, 6.45) is 13.4. The van der Waals surface area contributed by atoms with Gasteiger partial charge in [0.05, 0.1) is 5.56 Å². The van der Waals surface area contributed by atoms with Crippen LogP contribution in [0.3, 0.4) is 0 Å². The monoisotopic (exact) mass is 331 g/mol. The Bertz CT molecular complexity index is 527. The molecule has 1 aliphatic heterocycles. The third-order valence-corrected chi connectivity index (χ3v) is 5.35. The molecule has 0 bridgehead atoms. The van der Waals surface area contributed by atoms with E-state index in [1.165, 1.54) is 69.8 Å². The molecule has 0 aliphatic carbocycles. The smallest absolute Gasteiger partial charge is 0.335 e. The molecular weight excluding hydrogens is 298 g/mol. The minimum atomic E-state index is -0.852. The summed E-state index contributed by atoms with van der Waals surface area (Å²) in [5.74, 6) is -0.383. The number of nitrogens with one attached hydrogen (secondary N) is 1. The van der Waals surface area contributed by atoms with Crippen LogP contribution in [0.1, 0.15) is 99.9 Å². The minimum Gasteiger partial charge on any atom is -0.478 e. The molecular formula is C21H33NO2. The van der Waals surface area contributed by atoms with E-state index in [0.717, 1.165) is 5.69 Å². The van der Waals surface area contributed by atoms with Gasteiger partial charge in [-0.2, -0.15) is 0 Å². The van der Waals surface area contributed by atoms with Gasteiger partial charge in [-0.1, -0.05) is 77.7 Å². The Morgan fingerprint density at radius 3 is 2.29 bits per heavy atom. The lowest BCUT2D eigenvalue weighted by Gasteiger charge is -2.16. The van der Waals surface area contributed by atoms with E-state index >= 15 is 0 Å². The molecule has 0 spiro atoms. The fraction of sp³-hybridized carbons (Fsp3) is 0.667. The van der Waals surface area contributed by atoms with Gasteiger partial charge in [-0.05, 0) is 24.1 Å². The molecule has 2 rings (SSSR count). The number of fused-ring (bicyclic) bond motifs is 1. The molecule has 2 unspecified atom stereocenters. The summed E-state index contributed by atoms with van der Waals surface area (Å²) in [6.45, 7) is 4.51. The number of anilines is 1. The first-order valence-electron chi connectivity index (χ1n) is 9.77. The first-order valence-corrected chi connectivity index (χ1v) is 9.77. The molecule has 0 amide bonds. The first kappa shape index (κ1) is 18.8. The molecule has 1 aromatic carbocycles. The first-order chi connectivity index (χ1) is 11.6. The quantitative estimate of drug-likeness (QED) is 0.474. The lowest BCUT2D eigenvalue weighted by molar-refractivity contribution is 0.0697. The van der Waals surface area contributed by atoms with E-state index in [2.05, 4.69) is 19.2 Å². The van der Waals surface area contributed by atoms with E-state index in [1.54, 1.807) is 12.1 Å². The van der Waals surface area contributed by atoms with Crippen LogP contribution in [0.15, 0.2) is 18.2 Å². The summed E-state index contributed by atoms with van der Waals surface area (Å²) >= 11 is 0. The third kappa shape index (κ3) is 5.25. The average Bonchev–Trinajstić information content (AvgIpc) is 2.89. The van der Waals surface area contributed by atoms with Crippen molar-refractivity contribution in [1.29, 1.82) is 0 Å². The minimum absolute atomic E-state index is 0.372. The molecule has 0 saturated heterocycles. The molecule has 2 N–H and O–H groups in total.